The Balaban J connectivity index is 1.65. The van der Waals surface area contributed by atoms with Gasteiger partial charge < -0.3 is 10.4 Å². The zero-order valence-corrected chi connectivity index (χ0v) is 17.6. The molecule has 0 bridgehead atoms. The molecule has 30 heavy (non-hydrogen) atoms. The van der Waals surface area contributed by atoms with Crippen molar-refractivity contribution in [2.45, 2.75) is 6.42 Å². The van der Waals surface area contributed by atoms with Gasteiger partial charge in [0.15, 0.2) is 0 Å². The van der Waals surface area contributed by atoms with Gasteiger partial charge in [-0.25, -0.2) is 0 Å². The summed E-state index contributed by atoms with van der Waals surface area (Å²) in [6.07, 6.45) is 1.52. The van der Waals surface area contributed by atoms with E-state index in [1.807, 2.05) is 0 Å². The number of aromatic hydroxyl groups is 1. The van der Waals surface area contributed by atoms with Crippen molar-refractivity contribution in [3.05, 3.63) is 68.1 Å². The first-order valence-electron chi connectivity index (χ1n) is 8.53. The van der Waals surface area contributed by atoms with E-state index < -0.39 is 10.8 Å². The number of thioether (sulfide) groups is 1. The monoisotopic (exact) mass is 463 g/mol. The Morgan fingerprint density at radius 3 is 2.77 bits per heavy atom. The highest BCUT2D eigenvalue weighted by Gasteiger charge is 2.32. The van der Waals surface area contributed by atoms with Crippen LogP contribution in [0.2, 0.25) is 5.02 Å². The fourth-order valence-electron chi connectivity index (χ4n) is 2.59. The summed E-state index contributed by atoms with van der Waals surface area (Å²) in [6, 6.07) is 10.4. The van der Waals surface area contributed by atoms with Gasteiger partial charge in [-0.1, -0.05) is 53.8 Å². The van der Waals surface area contributed by atoms with Crippen molar-refractivity contribution < 1.29 is 19.6 Å². The number of nitrogens with one attached hydrogen (secondary N) is 1. The third kappa shape index (κ3) is 4.96. The molecule has 0 spiro atoms. The number of nitro groups is 1. The number of amides is 2. The van der Waals surface area contributed by atoms with Crippen molar-refractivity contribution in [2.24, 2.45) is 0 Å². The lowest BCUT2D eigenvalue weighted by atomic mass is 10.2. The van der Waals surface area contributed by atoms with Crippen LogP contribution in [0.3, 0.4) is 0 Å². The molecule has 0 atom stereocenters. The zero-order valence-electron chi connectivity index (χ0n) is 15.2. The first kappa shape index (κ1) is 21.8. The maximum atomic E-state index is 12.6. The summed E-state index contributed by atoms with van der Waals surface area (Å²) in [5, 5.41) is 23.5. The Labute approximate surface area is 185 Å². The molecule has 2 amide bonds. The number of non-ortho nitro benzene ring substituents is 1. The second-order valence-corrected chi connectivity index (χ2v) is 8.19. The molecule has 2 aromatic carbocycles. The van der Waals surface area contributed by atoms with Crippen LogP contribution < -0.4 is 5.32 Å². The first-order chi connectivity index (χ1) is 14.3. The molecule has 0 radical (unpaired) electrons. The number of benzene rings is 2. The van der Waals surface area contributed by atoms with Crippen LogP contribution >= 0.6 is 35.6 Å². The zero-order chi connectivity index (χ0) is 21.8. The number of thiocarbonyl (C=S) groups is 1. The van der Waals surface area contributed by atoms with Gasteiger partial charge in [-0.3, -0.25) is 24.6 Å². The van der Waals surface area contributed by atoms with E-state index in [1.54, 1.807) is 30.3 Å². The van der Waals surface area contributed by atoms with Crippen molar-refractivity contribution in [2.75, 3.05) is 11.9 Å². The molecule has 3 rings (SSSR count). The number of carbonyl (C=O) groups excluding carboxylic acids is 2. The lowest BCUT2D eigenvalue weighted by Gasteiger charge is -2.14. The highest BCUT2D eigenvalue weighted by atomic mass is 35.5. The summed E-state index contributed by atoms with van der Waals surface area (Å²) in [5.41, 5.74) is 0.321. The first-order valence-corrected chi connectivity index (χ1v) is 10.1. The average Bonchev–Trinajstić information content (AvgIpc) is 2.96. The van der Waals surface area contributed by atoms with Crippen molar-refractivity contribution >= 4 is 69.2 Å². The van der Waals surface area contributed by atoms with E-state index in [0.29, 0.717) is 19.8 Å². The van der Waals surface area contributed by atoms with Gasteiger partial charge in [0.2, 0.25) is 5.91 Å². The Bertz CT molecular complexity index is 1090. The van der Waals surface area contributed by atoms with E-state index in [0.717, 1.165) is 30.0 Å². The molecule has 154 valence electrons. The van der Waals surface area contributed by atoms with E-state index in [4.69, 9.17) is 23.8 Å². The third-order valence-electron chi connectivity index (χ3n) is 4.09. The lowest BCUT2D eigenvalue weighted by molar-refractivity contribution is -0.384. The predicted octanol–water partition coefficient (Wildman–Crippen LogP) is 4.18. The van der Waals surface area contributed by atoms with Crippen LogP contribution in [0.1, 0.15) is 12.0 Å². The quantitative estimate of drug-likeness (QED) is 0.217. The van der Waals surface area contributed by atoms with Crippen LogP contribution in [0.25, 0.3) is 6.08 Å². The van der Waals surface area contributed by atoms with E-state index >= 15 is 0 Å². The Morgan fingerprint density at radius 2 is 2.07 bits per heavy atom. The number of anilines is 1. The van der Waals surface area contributed by atoms with Gasteiger partial charge in [0.25, 0.3) is 11.6 Å². The number of phenolic OH excluding ortho intramolecular Hbond substituents is 1. The molecule has 2 N–H and O–H groups in total. The van der Waals surface area contributed by atoms with Crippen LogP contribution in [-0.4, -0.2) is 37.6 Å². The predicted molar refractivity (Wildman–Crippen MR) is 119 cm³/mol. The fourth-order valence-corrected chi connectivity index (χ4v) is 4.08. The van der Waals surface area contributed by atoms with E-state index in [9.17, 15) is 24.8 Å². The molecule has 2 aromatic rings. The maximum absolute atomic E-state index is 12.6. The van der Waals surface area contributed by atoms with Crippen LogP contribution in [-0.2, 0) is 9.59 Å². The minimum Gasteiger partial charge on any atom is -0.506 e. The number of rotatable bonds is 6. The van der Waals surface area contributed by atoms with Crippen molar-refractivity contribution in [1.29, 1.82) is 0 Å². The van der Waals surface area contributed by atoms with Crippen LogP contribution in [0.4, 0.5) is 11.4 Å². The number of phenols is 1. The summed E-state index contributed by atoms with van der Waals surface area (Å²) >= 11 is 12.5. The van der Waals surface area contributed by atoms with Crippen LogP contribution in [0.15, 0.2) is 47.4 Å². The Hall–Kier alpha value is -2.95. The molecule has 1 aliphatic rings. The molecule has 8 nitrogen and oxygen atoms in total. The molecular formula is C19H14ClN3O5S2. The number of nitrogens with zero attached hydrogens (tertiary/aromatic N) is 2. The van der Waals surface area contributed by atoms with Gasteiger partial charge in [0, 0.05) is 30.1 Å². The summed E-state index contributed by atoms with van der Waals surface area (Å²) in [4.78, 5) is 36.8. The van der Waals surface area contributed by atoms with Gasteiger partial charge in [-0.05, 0) is 23.8 Å². The molecule has 1 fully saturated rings. The Morgan fingerprint density at radius 1 is 1.33 bits per heavy atom. The summed E-state index contributed by atoms with van der Waals surface area (Å²) in [7, 11) is 0. The molecular weight excluding hydrogens is 450 g/mol. The minimum atomic E-state index is -0.638. The molecule has 1 saturated heterocycles. The minimum absolute atomic E-state index is 0.0199. The van der Waals surface area contributed by atoms with Gasteiger partial charge in [0.05, 0.1) is 15.5 Å². The number of nitro benzene ring substituents is 1. The average molecular weight is 464 g/mol. The highest BCUT2D eigenvalue weighted by Crippen LogP contribution is 2.34. The molecule has 0 aromatic heterocycles. The van der Waals surface area contributed by atoms with Gasteiger partial charge in [-0.15, -0.1) is 0 Å². The van der Waals surface area contributed by atoms with E-state index in [-0.39, 0.29) is 36.0 Å². The largest absolute Gasteiger partial charge is 0.506 e. The van der Waals surface area contributed by atoms with Crippen molar-refractivity contribution in [1.82, 2.24) is 4.90 Å². The van der Waals surface area contributed by atoms with Crippen molar-refractivity contribution in [3.63, 3.8) is 0 Å². The topological polar surface area (TPSA) is 113 Å². The molecule has 11 heteroatoms. The molecule has 0 saturated carbocycles. The lowest BCUT2D eigenvalue weighted by Crippen LogP contribution is -2.31. The second kappa shape index (κ2) is 9.24. The second-order valence-electron chi connectivity index (χ2n) is 6.11. The molecule has 1 heterocycles. The summed E-state index contributed by atoms with van der Waals surface area (Å²) in [6.45, 7) is 0.0199. The fraction of sp³-hybridized carbons (Fsp3) is 0.105. The van der Waals surface area contributed by atoms with Crippen molar-refractivity contribution in [3.8, 4) is 5.75 Å². The molecule has 1 aliphatic heterocycles. The summed E-state index contributed by atoms with van der Waals surface area (Å²) in [5.74, 6) is -1.17. The van der Waals surface area contributed by atoms with E-state index in [2.05, 4.69) is 5.32 Å². The third-order valence-corrected chi connectivity index (χ3v) is 5.81. The normalized spacial score (nSPS) is 15.0. The molecule has 0 aliphatic carbocycles. The number of halogens is 1. The van der Waals surface area contributed by atoms with Crippen LogP contribution in [0.5, 0.6) is 5.75 Å². The van der Waals surface area contributed by atoms with Gasteiger partial charge >= 0.3 is 0 Å². The summed E-state index contributed by atoms with van der Waals surface area (Å²) < 4.78 is 0.310. The Kier molecular flexibility index (Phi) is 6.70. The number of hydrogen-bond donors (Lipinski definition) is 2. The highest BCUT2D eigenvalue weighted by molar-refractivity contribution is 8.26. The smallest absolute Gasteiger partial charge is 0.271 e. The van der Waals surface area contributed by atoms with Gasteiger partial charge in [-0.2, -0.15) is 0 Å². The van der Waals surface area contributed by atoms with Crippen LogP contribution in [0, 0.1) is 10.1 Å². The van der Waals surface area contributed by atoms with Gasteiger partial charge in [0.1, 0.15) is 10.1 Å². The molecule has 0 unspecified atom stereocenters. The van der Waals surface area contributed by atoms with E-state index in [1.165, 1.54) is 4.90 Å². The standard InChI is InChI=1S/C19H14ClN3O5S2/c20-13-4-2-1-3-11(13)9-16-18(26)22(19(29)30-16)8-7-17(25)21-14-10-12(23(27)28)5-6-15(14)24/h1-6,9-10,24H,7-8H2,(H,21,25). The number of carbonyl (C=O) groups is 2. The SMILES string of the molecule is O=C(CCN1C(=O)C(=Cc2ccccc2Cl)SC1=S)Nc1cc([N+](=O)[O-])ccc1O. The number of hydrogen-bond acceptors (Lipinski definition) is 7. The maximum Gasteiger partial charge on any atom is 0.271 e.